The number of halogens is 3. The molecular formula is C24H28F3N3O2. The number of methoxy groups -OCH3 is 1. The van der Waals surface area contributed by atoms with Crippen LogP contribution in [0.25, 0.3) is 10.9 Å². The summed E-state index contributed by atoms with van der Waals surface area (Å²) in [5, 5.41) is 4.08. The van der Waals surface area contributed by atoms with E-state index in [9.17, 15) is 13.2 Å². The average molecular weight is 448 g/mol. The van der Waals surface area contributed by atoms with Crippen LogP contribution < -0.4 is 20.5 Å². The molecule has 1 heterocycles. The number of hydrogen-bond donors (Lipinski definition) is 2. The number of benzene rings is 2. The number of ether oxygens (including phenoxy) is 2. The molecule has 3 aromatic rings. The summed E-state index contributed by atoms with van der Waals surface area (Å²) in [6.45, 7) is 4.62. The van der Waals surface area contributed by atoms with Crippen molar-refractivity contribution in [1.82, 2.24) is 4.98 Å². The Balaban J connectivity index is 1.97. The lowest BCUT2D eigenvalue weighted by Gasteiger charge is -2.18. The predicted molar refractivity (Wildman–Crippen MR) is 121 cm³/mol. The van der Waals surface area contributed by atoms with Crippen LogP contribution in [0.15, 0.2) is 42.6 Å². The van der Waals surface area contributed by atoms with E-state index in [1.54, 1.807) is 12.3 Å². The van der Waals surface area contributed by atoms with Crippen molar-refractivity contribution < 1.29 is 22.6 Å². The Morgan fingerprint density at radius 3 is 2.62 bits per heavy atom. The monoisotopic (exact) mass is 447 g/mol. The molecule has 1 atom stereocenters. The Bertz CT molecular complexity index is 1070. The fourth-order valence-corrected chi connectivity index (χ4v) is 3.49. The summed E-state index contributed by atoms with van der Waals surface area (Å²) in [7, 11) is 1.50. The van der Waals surface area contributed by atoms with Crippen LogP contribution >= 0.6 is 0 Å². The van der Waals surface area contributed by atoms with Gasteiger partial charge in [0.1, 0.15) is 5.75 Å². The molecule has 0 bridgehead atoms. The third kappa shape index (κ3) is 5.62. The van der Waals surface area contributed by atoms with Crippen LogP contribution in [0.1, 0.15) is 37.3 Å². The highest BCUT2D eigenvalue weighted by Gasteiger charge is 2.31. The van der Waals surface area contributed by atoms with E-state index in [4.69, 9.17) is 15.2 Å². The zero-order chi connectivity index (χ0) is 23.3. The number of aromatic nitrogens is 1. The summed E-state index contributed by atoms with van der Waals surface area (Å²) in [5.41, 5.74) is 7.34. The first-order valence-electron chi connectivity index (χ1n) is 10.5. The molecule has 1 aromatic heterocycles. The summed E-state index contributed by atoms with van der Waals surface area (Å²) in [5.74, 6) is 0.804. The molecule has 3 rings (SSSR count). The van der Waals surface area contributed by atoms with Crippen LogP contribution in [-0.2, 0) is 6.18 Å². The zero-order valence-corrected chi connectivity index (χ0v) is 18.4. The molecule has 0 saturated carbocycles. The van der Waals surface area contributed by atoms with Crippen LogP contribution in [0.2, 0.25) is 0 Å². The number of hydrogen-bond acceptors (Lipinski definition) is 5. The van der Waals surface area contributed by atoms with E-state index >= 15 is 0 Å². The van der Waals surface area contributed by atoms with Crippen molar-refractivity contribution in [2.45, 2.75) is 45.3 Å². The van der Waals surface area contributed by atoms with Crippen LogP contribution in [-0.4, -0.2) is 24.7 Å². The van der Waals surface area contributed by atoms with Crippen LogP contribution in [0.4, 0.5) is 18.9 Å². The van der Waals surface area contributed by atoms with Crippen molar-refractivity contribution >= 4 is 16.6 Å². The maximum absolute atomic E-state index is 13.1. The number of alkyl halides is 3. The molecule has 0 fully saturated rings. The van der Waals surface area contributed by atoms with Crippen molar-refractivity contribution in [3.8, 4) is 17.2 Å². The minimum atomic E-state index is -4.46. The van der Waals surface area contributed by atoms with Crippen LogP contribution in [0.5, 0.6) is 17.2 Å². The smallest absolute Gasteiger partial charge is 0.416 e. The maximum atomic E-state index is 13.1. The number of rotatable bonds is 9. The molecule has 0 aliphatic carbocycles. The second-order valence-corrected chi connectivity index (χ2v) is 7.83. The third-order valence-corrected chi connectivity index (χ3v) is 5.14. The fraction of sp³-hybridized carbons (Fsp3) is 0.375. The number of fused-ring (bicyclic) bond motifs is 1. The van der Waals surface area contributed by atoms with Crippen molar-refractivity contribution in [2.75, 3.05) is 19.0 Å². The standard InChI is InChI=1S/C24H28F3N3O2/c1-15-10-12-30-22-19(29-11-5-4-7-16(2)28)14-20(31-3)23(21(15)22)32-18-9-6-8-17(13-18)24(25,26)27/h6,8-10,12-14,16,29H,4-5,7,11,28H2,1-3H3. The van der Waals surface area contributed by atoms with E-state index < -0.39 is 11.7 Å². The average Bonchev–Trinajstić information content (AvgIpc) is 2.74. The molecule has 0 saturated heterocycles. The van der Waals surface area contributed by atoms with Gasteiger partial charge in [-0.3, -0.25) is 4.98 Å². The predicted octanol–water partition coefficient (Wildman–Crippen LogP) is 6.29. The van der Waals surface area contributed by atoms with Gasteiger partial charge >= 0.3 is 6.18 Å². The topological polar surface area (TPSA) is 69.4 Å². The lowest BCUT2D eigenvalue weighted by Crippen LogP contribution is -2.14. The van der Waals surface area contributed by atoms with Crippen molar-refractivity contribution in [3.05, 3.63) is 53.7 Å². The summed E-state index contributed by atoms with van der Waals surface area (Å²) >= 11 is 0. The minimum absolute atomic E-state index is 0.0688. The Kier molecular flexibility index (Phi) is 7.45. The molecule has 0 spiro atoms. The van der Waals surface area contributed by atoms with Gasteiger partial charge < -0.3 is 20.5 Å². The van der Waals surface area contributed by atoms with E-state index in [-0.39, 0.29) is 11.8 Å². The summed E-state index contributed by atoms with van der Waals surface area (Å²) in [6, 6.07) is 8.55. The normalized spacial score (nSPS) is 12.6. The molecule has 0 radical (unpaired) electrons. The van der Waals surface area contributed by atoms with Gasteiger partial charge in [0, 0.05) is 24.8 Å². The summed E-state index contributed by atoms with van der Waals surface area (Å²) in [4.78, 5) is 4.51. The van der Waals surface area contributed by atoms with Gasteiger partial charge in [-0.2, -0.15) is 13.2 Å². The van der Waals surface area contributed by atoms with Gasteiger partial charge in [0.15, 0.2) is 11.5 Å². The van der Waals surface area contributed by atoms with E-state index in [1.165, 1.54) is 19.2 Å². The number of nitrogens with two attached hydrogens (primary N) is 1. The van der Waals surface area contributed by atoms with Gasteiger partial charge in [-0.15, -0.1) is 0 Å². The summed E-state index contributed by atoms with van der Waals surface area (Å²) in [6.07, 6.45) is 0.132. The largest absolute Gasteiger partial charge is 0.493 e. The van der Waals surface area contributed by atoms with Crippen molar-refractivity contribution in [3.63, 3.8) is 0 Å². The van der Waals surface area contributed by atoms with E-state index in [0.717, 1.165) is 49.2 Å². The Hall–Kier alpha value is -3.00. The number of aryl methyl sites for hydroxylation is 1. The van der Waals surface area contributed by atoms with Gasteiger partial charge in [-0.25, -0.2) is 0 Å². The SMILES string of the molecule is COc1cc(NCCCCC(C)N)c2nccc(C)c2c1Oc1cccc(C(F)(F)F)c1. The lowest BCUT2D eigenvalue weighted by atomic mass is 10.1. The molecule has 1 unspecified atom stereocenters. The van der Waals surface area contributed by atoms with Crippen molar-refractivity contribution in [1.29, 1.82) is 0 Å². The van der Waals surface area contributed by atoms with E-state index in [0.29, 0.717) is 22.4 Å². The molecule has 0 amide bonds. The Morgan fingerprint density at radius 1 is 1.16 bits per heavy atom. The molecule has 2 aromatic carbocycles. The first-order valence-corrected chi connectivity index (χ1v) is 10.5. The molecule has 8 heteroatoms. The third-order valence-electron chi connectivity index (χ3n) is 5.14. The molecule has 3 N–H and O–H groups in total. The highest BCUT2D eigenvalue weighted by Crippen LogP contribution is 2.44. The number of pyridine rings is 1. The van der Waals surface area contributed by atoms with Gasteiger partial charge in [0.2, 0.25) is 0 Å². The molecule has 0 aliphatic heterocycles. The number of unbranched alkanes of at least 4 members (excludes halogenated alkanes) is 1. The van der Waals surface area contributed by atoms with E-state index in [1.807, 2.05) is 19.9 Å². The first-order chi connectivity index (χ1) is 15.2. The highest BCUT2D eigenvalue weighted by atomic mass is 19.4. The second kappa shape index (κ2) is 10.1. The quantitative estimate of drug-likeness (QED) is 0.377. The maximum Gasteiger partial charge on any atom is 0.416 e. The van der Waals surface area contributed by atoms with Gasteiger partial charge in [-0.05, 0) is 56.5 Å². The number of anilines is 1. The van der Waals surface area contributed by atoms with Gasteiger partial charge in [0.25, 0.3) is 0 Å². The van der Waals surface area contributed by atoms with Crippen molar-refractivity contribution in [2.24, 2.45) is 5.73 Å². The number of nitrogens with one attached hydrogen (secondary N) is 1. The first kappa shape index (κ1) is 23.7. The van der Waals surface area contributed by atoms with Gasteiger partial charge in [0.05, 0.1) is 29.3 Å². The molecule has 5 nitrogen and oxygen atoms in total. The van der Waals surface area contributed by atoms with E-state index in [2.05, 4.69) is 10.3 Å². The summed E-state index contributed by atoms with van der Waals surface area (Å²) < 4.78 is 50.9. The second-order valence-electron chi connectivity index (χ2n) is 7.83. The fourth-order valence-electron chi connectivity index (χ4n) is 3.49. The Morgan fingerprint density at radius 2 is 1.94 bits per heavy atom. The lowest BCUT2D eigenvalue weighted by molar-refractivity contribution is -0.137. The Labute approximate surface area is 185 Å². The molecule has 32 heavy (non-hydrogen) atoms. The van der Waals surface area contributed by atoms with Crippen LogP contribution in [0, 0.1) is 6.92 Å². The zero-order valence-electron chi connectivity index (χ0n) is 18.4. The van der Waals surface area contributed by atoms with Crippen LogP contribution in [0.3, 0.4) is 0 Å². The number of nitrogens with zero attached hydrogens (tertiary/aromatic N) is 1. The molecule has 172 valence electrons. The molecular weight excluding hydrogens is 419 g/mol. The highest BCUT2D eigenvalue weighted by molar-refractivity contribution is 5.99. The minimum Gasteiger partial charge on any atom is -0.493 e. The van der Waals surface area contributed by atoms with Gasteiger partial charge in [-0.1, -0.05) is 12.5 Å². The molecule has 0 aliphatic rings.